The van der Waals surface area contributed by atoms with Crippen LogP contribution in [0, 0.1) is 0 Å². The maximum absolute atomic E-state index is 5.62. The number of likely N-dealkylation sites (N-methyl/N-ethyl adjacent to an activating group) is 1. The maximum atomic E-state index is 5.62. The minimum absolute atomic E-state index is 0.417. The first-order valence-electron chi connectivity index (χ1n) is 6.91. The van der Waals surface area contributed by atoms with Gasteiger partial charge in [0.25, 0.3) is 0 Å². The van der Waals surface area contributed by atoms with Crippen molar-refractivity contribution in [2.45, 2.75) is 19.5 Å². The van der Waals surface area contributed by atoms with Crippen LogP contribution in [0.5, 0.6) is 5.88 Å². The molecule has 0 aromatic carbocycles. The van der Waals surface area contributed by atoms with Crippen molar-refractivity contribution in [2.24, 2.45) is 4.99 Å². The highest BCUT2D eigenvalue weighted by Gasteiger charge is 2.11. The molecular weight excluding hydrogens is 254 g/mol. The molecule has 0 spiro atoms. The predicted octanol–water partition coefficient (Wildman–Crippen LogP) is 0.459. The second kappa shape index (κ2) is 7.09. The standard InChI is InChI=1S/C14H23N5O/c1-11-9-16-14(18-11)17-10-12-4-5-15-13(8-12)20-7-6-19(2)3/h4-5,8,11H,6-7,9-10H2,1-3H3,(H2,16,17,18). The second-order valence-electron chi connectivity index (χ2n) is 5.24. The molecule has 1 unspecified atom stereocenters. The first-order chi connectivity index (χ1) is 9.63. The Morgan fingerprint density at radius 3 is 3.05 bits per heavy atom. The van der Waals surface area contributed by atoms with Crippen LogP contribution < -0.4 is 15.4 Å². The molecule has 2 heterocycles. The minimum atomic E-state index is 0.417. The first kappa shape index (κ1) is 14.6. The summed E-state index contributed by atoms with van der Waals surface area (Å²) in [7, 11) is 4.04. The van der Waals surface area contributed by atoms with E-state index in [9.17, 15) is 0 Å². The molecule has 6 nitrogen and oxygen atoms in total. The average Bonchev–Trinajstić information content (AvgIpc) is 2.82. The Balaban J connectivity index is 1.80. The van der Waals surface area contributed by atoms with Crippen molar-refractivity contribution in [3.05, 3.63) is 23.9 Å². The van der Waals surface area contributed by atoms with Crippen molar-refractivity contribution in [2.75, 3.05) is 33.8 Å². The van der Waals surface area contributed by atoms with Gasteiger partial charge in [-0.05, 0) is 32.6 Å². The molecule has 0 fully saturated rings. The van der Waals surface area contributed by atoms with Gasteiger partial charge in [-0.15, -0.1) is 0 Å². The number of pyridine rings is 1. The van der Waals surface area contributed by atoms with Crippen molar-refractivity contribution in [3.63, 3.8) is 0 Å². The molecule has 0 bridgehead atoms. The molecule has 1 aliphatic rings. The van der Waals surface area contributed by atoms with E-state index in [0.29, 0.717) is 25.1 Å². The quantitative estimate of drug-likeness (QED) is 0.791. The number of hydrogen-bond acceptors (Lipinski definition) is 6. The van der Waals surface area contributed by atoms with Gasteiger partial charge in [-0.2, -0.15) is 0 Å². The Labute approximate surface area is 120 Å². The van der Waals surface area contributed by atoms with E-state index in [-0.39, 0.29) is 0 Å². The van der Waals surface area contributed by atoms with Gasteiger partial charge >= 0.3 is 0 Å². The molecule has 1 aromatic rings. The number of nitrogens with one attached hydrogen (secondary N) is 2. The fraction of sp³-hybridized carbons (Fsp3) is 0.571. The van der Waals surface area contributed by atoms with Gasteiger partial charge in [0.15, 0.2) is 5.96 Å². The lowest BCUT2D eigenvalue weighted by Gasteiger charge is -2.12. The SMILES string of the molecule is CC1CN=C(NCc2ccnc(OCCN(C)C)c2)N1. The number of rotatable bonds is 6. The summed E-state index contributed by atoms with van der Waals surface area (Å²) >= 11 is 0. The van der Waals surface area contributed by atoms with Gasteiger partial charge in [0, 0.05) is 31.4 Å². The molecule has 0 radical (unpaired) electrons. The number of aromatic nitrogens is 1. The topological polar surface area (TPSA) is 61.8 Å². The summed E-state index contributed by atoms with van der Waals surface area (Å²) in [6.07, 6.45) is 1.77. The third-order valence-electron chi connectivity index (χ3n) is 2.95. The molecule has 2 N–H and O–H groups in total. The molecule has 1 aliphatic heterocycles. The summed E-state index contributed by atoms with van der Waals surface area (Å²) in [6, 6.07) is 4.35. The molecule has 0 amide bonds. The van der Waals surface area contributed by atoms with Gasteiger partial charge in [0.1, 0.15) is 6.61 Å². The second-order valence-corrected chi connectivity index (χ2v) is 5.24. The van der Waals surface area contributed by atoms with E-state index in [1.165, 1.54) is 0 Å². The summed E-state index contributed by atoms with van der Waals surface area (Å²) in [4.78, 5) is 10.7. The van der Waals surface area contributed by atoms with Crippen LogP contribution in [-0.2, 0) is 6.54 Å². The molecule has 1 aromatic heterocycles. The number of nitrogens with zero attached hydrogens (tertiary/aromatic N) is 3. The van der Waals surface area contributed by atoms with Crippen LogP contribution >= 0.6 is 0 Å². The third-order valence-corrected chi connectivity index (χ3v) is 2.95. The molecule has 0 saturated carbocycles. The van der Waals surface area contributed by atoms with Crippen LogP contribution in [0.2, 0.25) is 0 Å². The van der Waals surface area contributed by atoms with Crippen LogP contribution in [0.15, 0.2) is 23.3 Å². The van der Waals surface area contributed by atoms with E-state index < -0.39 is 0 Å². The van der Waals surface area contributed by atoms with Gasteiger partial charge in [-0.3, -0.25) is 4.99 Å². The normalized spacial score (nSPS) is 17.8. The Kier molecular flexibility index (Phi) is 5.17. The fourth-order valence-corrected chi connectivity index (χ4v) is 1.82. The molecule has 6 heteroatoms. The zero-order chi connectivity index (χ0) is 14.4. The maximum Gasteiger partial charge on any atom is 0.213 e. The van der Waals surface area contributed by atoms with Crippen LogP contribution in [0.3, 0.4) is 0 Å². The molecule has 2 rings (SSSR count). The monoisotopic (exact) mass is 277 g/mol. The van der Waals surface area contributed by atoms with Gasteiger partial charge < -0.3 is 20.3 Å². The van der Waals surface area contributed by atoms with Gasteiger partial charge in [0.2, 0.25) is 5.88 Å². The van der Waals surface area contributed by atoms with Crippen LogP contribution in [-0.4, -0.2) is 55.7 Å². The molecule has 0 aliphatic carbocycles. The Morgan fingerprint density at radius 1 is 1.50 bits per heavy atom. The number of ether oxygens (including phenoxy) is 1. The van der Waals surface area contributed by atoms with Crippen LogP contribution in [0.25, 0.3) is 0 Å². The van der Waals surface area contributed by atoms with Crippen molar-refractivity contribution < 1.29 is 4.74 Å². The summed E-state index contributed by atoms with van der Waals surface area (Å²) < 4.78 is 5.62. The molecule has 1 atom stereocenters. The van der Waals surface area contributed by atoms with Crippen molar-refractivity contribution in [3.8, 4) is 5.88 Å². The van der Waals surface area contributed by atoms with Gasteiger partial charge in [-0.25, -0.2) is 4.98 Å². The molecular formula is C14H23N5O. The number of aliphatic imine (C=N–C) groups is 1. The molecule has 110 valence electrons. The van der Waals surface area contributed by atoms with E-state index in [1.807, 2.05) is 26.2 Å². The predicted molar refractivity (Wildman–Crippen MR) is 80.0 cm³/mol. The minimum Gasteiger partial charge on any atom is -0.476 e. The Morgan fingerprint density at radius 2 is 2.35 bits per heavy atom. The summed E-state index contributed by atoms with van der Waals surface area (Å²) in [5.41, 5.74) is 1.13. The van der Waals surface area contributed by atoms with Crippen LogP contribution in [0.1, 0.15) is 12.5 Å². The average molecular weight is 277 g/mol. The van der Waals surface area contributed by atoms with E-state index in [0.717, 1.165) is 24.6 Å². The Hall–Kier alpha value is -1.82. The lowest BCUT2D eigenvalue weighted by Crippen LogP contribution is -2.37. The number of guanidine groups is 1. The molecule has 0 saturated heterocycles. The van der Waals surface area contributed by atoms with E-state index in [1.54, 1.807) is 6.20 Å². The van der Waals surface area contributed by atoms with Crippen molar-refractivity contribution >= 4 is 5.96 Å². The van der Waals surface area contributed by atoms with E-state index in [4.69, 9.17) is 4.74 Å². The van der Waals surface area contributed by atoms with Crippen molar-refractivity contribution in [1.29, 1.82) is 0 Å². The zero-order valence-corrected chi connectivity index (χ0v) is 12.4. The number of hydrogen-bond donors (Lipinski definition) is 2. The summed E-state index contributed by atoms with van der Waals surface area (Å²) in [5.74, 6) is 1.53. The zero-order valence-electron chi connectivity index (χ0n) is 12.4. The smallest absolute Gasteiger partial charge is 0.213 e. The summed E-state index contributed by atoms with van der Waals surface area (Å²) in [5, 5.41) is 6.55. The van der Waals surface area contributed by atoms with E-state index in [2.05, 4.69) is 32.4 Å². The van der Waals surface area contributed by atoms with Crippen LogP contribution in [0.4, 0.5) is 0 Å². The van der Waals surface area contributed by atoms with Gasteiger partial charge in [-0.1, -0.05) is 0 Å². The Bertz CT molecular complexity index is 461. The lowest BCUT2D eigenvalue weighted by molar-refractivity contribution is 0.253. The summed E-state index contributed by atoms with van der Waals surface area (Å²) in [6.45, 7) is 5.18. The first-order valence-corrected chi connectivity index (χ1v) is 6.91. The van der Waals surface area contributed by atoms with Gasteiger partial charge in [0.05, 0.1) is 6.54 Å². The van der Waals surface area contributed by atoms with Crippen molar-refractivity contribution in [1.82, 2.24) is 20.5 Å². The highest BCUT2D eigenvalue weighted by molar-refractivity contribution is 5.81. The fourth-order valence-electron chi connectivity index (χ4n) is 1.82. The highest BCUT2D eigenvalue weighted by Crippen LogP contribution is 2.09. The lowest BCUT2D eigenvalue weighted by atomic mass is 10.2. The highest BCUT2D eigenvalue weighted by atomic mass is 16.5. The molecule has 20 heavy (non-hydrogen) atoms. The third kappa shape index (κ3) is 4.70. The largest absolute Gasteiger partial charge is 0.476 e. The van der Waals surface area contributed by atoms with E-state index >= 15 is 0 Å².